The SMILES string of the molecule is Nc1nc2ncc(CNc3ccc(C(=O)N[C@H](CCC(=O)NCCOCCOCC(=O)N[C@@H](CS)C(=O)O)C(=O)O)cc3)nc2c(=O)[nH]1. The molecule has 2 atom stereocenters. The summed E-state index contributed by atoms with van der Waals surface area (Å²) in [4.78, 5) is 85.7. The van der Waals surface area contributed by atoms with Gasteiger partial charge < -0.3 is 46.7 Å². The Morgan fingerprint density at radius 1 is 0.938 bits per heavy atom. The van der Waals surface area contributed by atoms with E-state index in [2.05, 4.69) is 53.8 Å². The number of rotatable bonds is 20. The lowest BCUT2D eigenvalue weighted by Gasteiger charge is -2.15. The molecule has 0 aliphatic heterocycles. The van der Waals surface area contributed by atoms with Crippen LogP contribution in [0, 0.1) is 0 Å². The number of thiol groups is 1. The van der Waals surface area contributed by atoms with E-state index in [0.717, 1.165) is 0 Å². The van der Waals surface area contributed by atoms with Gasteiger partial charge >= 0.3 is 11.9 Å². The number of nitrogen functional groups attached to an aromatic ring is 1. The summed E-state index contributed by atoms with van der Waals surface area (Å²) in [5.41, 5.74) is 6.41. The van der Waals surface area contributed by atoms with Crippen LogP contribution in [0.5, 0.6) is 0 Å². The largest absolute Gasteiger partial charge is 0.480 e. The van der Waals surface area contributed by atoms with Gasteiger partial charge in [0.15, 0.2) is 11.2 Å². The molecule has 258 valence electrons. The van der Waals surface area contributed by atoms with Gasteiger partial charge in [-0.3, -0.25) is 24.2 Å². The highest BCUT2D eigenvalue weighted by Crippen LogP contribution is 2.12. The highest BCUT2D eigenvalue weighted by Gasteiger charge is 2.22. The molecule has 1 aromatic carbocycles. The lowest BCUT2D eigenvalue weighted by molar-refractivity contribution is -0.142. The van der Waals surface area contributed by atoms with Crippen molar-refractivity contribution in [3.8, 4) is 0 Å². The van der Waals surface area contributed by atoms with Crippen LogP contribution in [0.25, 0.3) is 11.2 Å². The molecule has 3 aromatic rings. The number of H-pyrrole nitrogens is 1. The number of amides is 3. The number of anilines is 2. The Morgan fingerprint density at radius 2 is 1.65 bits per heavy atom. The van der Waals surface area contributed by atoms with Gasteiger partial charge in [0.05, 0.1) is 38.3 Å². The number of carboxylic acid groups (broad SMARTS) is 2. The van der Waals surface area contributed by atoms with E-state index in [4.69, 9.17) is 20.3 Å². The van der Waals surface area contributed by atoms with Gasteiger partial charge in [-0.05, 0) is 30.7 Å². The second-order valence-corrected chi connectivity index (χ2v) is 10.3. The predicted octanol–water partition coefficient (Wildman–Crippen LogP) is -1.48. The van der Waals surface area contributed by atoms with Crippen LogP contribution in [-0.4, -0.2) is 111 Å². The number of aromatic nitrogens is 4. The topological polar surface area (TPSA) is 290 Å². The minimum atomic E-state index is -1.32. The molecule has 0 unspecified atom stereocenters. The zero-order valence-corrected chi connectivity index (χ0v) is 26.3. The molecule has 3 amide bonds. The molecule has 0 spiro atoms. The van der Waals surface area contributed by atoms with E-state index in [9.17, 15) is 33.9 Å². The number of carbonyl (C=O) groups is 5. The first-order valence-electron chi connectivity index (χ1n) is 14.4. The summed E-state index contributed by atoms with van der Waals surface area (Å²) in [7, 11) is 0. The molecular formula is C28H35N9O10S. The predicted molar refractivity (Wildman–Crippen MR) is 172 cm³/mol. The molecule has 0 radical (unpaired) electrons. The number of carboxylic acids is 2. The smallest absolute Gasteiger partial charge is 0.327 e. The van der Waals surface area contributed by atoms with Gasteiger partial charge in [0.1, 0.15) is 18.7 Å². The maximum atomic E-state index is 12.7. The number of benzene rings is 1. The molecule has 48 heavy (non-hydrogen) atoms. The number of aromatic amines is 1. The minimum Gasteiger partial charge on any atom is -0.480 e. The third-order valence-electron chi connectivity index (χ3n) is 6.36. The van der Waals surface area contributed by atoms with E-state index in [0.29, 0.717) is 11.4 Å². The lowest BCUT2D eigenvalue weighted by Crippen LogP contribution is -2.43. The van der Waals surface area contributed by atoms with Gasteiger partial charge in [-0.1, -0.05) is 0 Å². The number of hydrogen-bond donors (Lipinski definition) is 9. The van der Waals surface area contributed by atoms with Crippen LogP contribution >= 0.6 is 12.6 Å². The average Bonchev–Trinajstić information content (AvgIpc) is 3.05. The van der Waals surface area contributed by atoms with Gasteiger partial charge in [0.25, 0.3) is 11.5 Å². The fraction of sp³-hybridized carbons (Fsp3) is 0.393. The van der Waals surface area contributed by atoms with Crippen LogP contribution < -0.4 is 32.6 Å². The molecule has 2 aromatic heterocycles. The molecule has 0 aliphatic rings. The van der Waals surface area contributed by atoms with Crippen molar-refractivity contribution in [3.05, 3.63) is 52.1 Å². The summed E-state index contributed by atoms with van der Waals surface area (Å²) >= 11 is 3.84. The number of nitrogens with one attached hydrogen (secondary N) is 5. The van der Waals surface area contributed by atoms with Crippen molar-refractivity contribution >= 4 is 65.1 Å². The number of hydrogen-bond acceptors (Lipinski definition) is 14. The number of aliphatic carboxylic acids is 2. The third-order valence-corrected chi connectivity index (χ3v) is 6.73. The molecule has 0 fully saturated rings. The molecule has 3 rings (SSSR count). The first kappa shape index (κ1) is 37.1. The second kappa shape index (κ2) is 18.7. The van der Waals surface area contributed by atoms with E-state index in [1.54, 1.807) is 12.1 Å². The number of ether oxygens (including phenoxy) is 2. The van der Waals surface area contributed by atoms with E-state index in [-0.39, 0.29) is 80.8 Å². The van der Waals surface area contributed by atoms with Crippen molar-refractivity contribution in [2.75, 3.05) is 49.8 Å². The summed E-state index contributed by atoms with van der Waals surface area (Å²) in [6.45, 7) is 0.260. The number of nitrogens with zero attached hydrogens (tertiary/aromatic N) is 3. The highest BCUT2D eigenvalue weighted by molar-refractivity contribution is 7.80. The molecule has 0 aliphatic carbocycles. The zero-order valence-electron chi connectivity index (χ0n) is 25.4. The molecular weight excluding hydrogens is 654 g/mol. The van der Waals surface area contributed by atoms with Gasteiger partial charge in [-0.15, -0.1) is 0 Å². The van der Waals surface area contributed by atoms with Crippen LogP contribution in [0.2, 0.25) is 0 Å². The van der Waals surface area contributed by atoms with E-state index >= 15 is 0 Å². The monoisotopic (exact) mass is 689 g/mol. The molecule has 0 saturated carbocycles. The second-order valence-electron chi connectivity index (χ2n) is 9.97. The van der Waals surface area contributed by atoms with Crippen molar-refractivity contribution in [2.24, 2.45) is 0 Å². The van der Waals surface area contributed by atoms with Crippen molar-refractivity contribution in [2.45, 2.75) is 31.5 Å². The van der Waals surface area contributed by atoms with Crippen LogP contribution in [0.4, 0.5) is 11.6 Å². The van der Waals surface area contributed by atoms with Gasteiger partial charge in [-0.2, -0.15) is 17.6 Å². The number of carbonyl (C=O) groups excluding carboxylic acids is 3. The molecule has 2 heterocycles. The zero-order chi connectivity index (χ0) is 35.1. The molecule has 0 saturated heterocycles. The molecule has 9 N–H and O–H groups in total. The first-order chi connectivity index (χ1) is 23.0. The van der Waals surface area contributed by atoms with Crippen LogP contribution in [0.3, 0.4) is 0 Å². The van der Waals surface area contributed by atoms with Gasteiger partial charge in [0, 0.05) is 30.0 Å². The Kier molecular flexibility index (Phi) is 14.5. The van der Waals surface area contributed by atoms with Gasteiger partial charge in [-0.25, -0.2) is 19.6 Å². The van der Waals surface area contributed by atoms with Crippen LogP contribution in [0.15, 0.2) is 35.3 Å². The van der Waals surface area contributed by atoms with E-state index < -0.39 is 47.3 Å². The lowest BCUT2D eigenvalue weighted by atomic mass is 10.1. The van der Waals surface area contributed by atoms with Crippen molar-refractivity contribution in [3.63, 3.8) is 0 Å². The molecule has 0 bridgehead atoms. The quantitative estimate of drug-likeness (QED) is 0.0483. The Labute approximate surface area is 277 Å². The normalized spacial score (nSPS) is 12.1. The van der Waals surface area contributed by atoms with Crippen molar-refractivity contribution in [1.29, 1.82) is 0 Å². The maximum Gasteiger partial charge on any atom is 0.327 e. The standard InChI is InChI=1S/C28H35N9O10S/c29-28-36-23-22(25(41)37-28)33-17(12-32-23)11-31-16-3-1-15(2-4-16)24(40)35-18(26(42)43)5-6-20(38)30-7-8-46-9-10-47-13-21(39)34-19(14-48)27(44)45/h1-4,12,18-19,31,48H,5-11,13-14H2,(H,30,38)(H,34,39)(H,35,40)(H,42,43)(H,44,45)(H3,29,32,36,37,41)/t18-,19+/m1/s1. The fourth-order valence-corrected chi connectivity index (χ4v) is 4.17. The Bertz CT molecular complexity index is 1650. The number of nitrogens with two attached hydrogens (primary N) is 1. The third kappa shape index (κ3) is 12.1. The Morgan fingerprint density at radius 3 is 2.33 bits per heavy atom. The van der Waals surface area contributed by atoms with Crippen LogP contribution in [-0.2, 0) is 35.2 Å². The molecule has 20 heteroatoms. The summed E-state index contributed by atoms with van der Waals surface area (Å²) in [5, 5.41) is 28.7. The molecule has 19 nitrogen and oxygen atoms in total. The van der Waals surface area contributed by atoms with E-state index in [1.165, 1.54) is 18.3 Å². The summed E-state index contributed by atoms with van der Waals surface area (Å²) in [5.74, 6) is -4.34. The number of fused-ring (bicyclic) bond motifs is 1. The van der Waals surface area contributed by atoms with Crippen molar-refractivity contribution in [1.82, 2.24) is 35.9 Å². The first-order valence-corrected chi connectivity index (χ1v) is 15.0. The fourth-order valence-electron chi connectivity index (χ4n) is 3.92. The Hall–Kier alpha value is -5.34. The highest BCUT2D eigenvalue weighted by atomic mass is 32.1. The van der Waals surface area contributed by atoms with Crippen LogP contribution in [0.1, 0.15) is 28.9 Å². The van der Waals surface area contributed by atoms with Crippen molar-refractivity contribution < 1.29 is 43.7 Å². The van der Waals surface area contributed by atoms with Gasteiger partial charge in [0.2, 0.25) is 17.8 Å². The minimum absolute atomic E-state index is 0.0404. The summed E-state index contributed by atoms with van der Waals surface area (Å²) < 4.78 is 10.4. The summed E-state index contributed by atoms with van der Waals surface area (Å²) in [6.07, 6.45) is 1.12. The van der Waals surface area contributed by atoms with E-state index in [1.807, 2.05) is 0 Å². The Balaban J connectivity index is 1.33. The average molecular weight is 690 g/mol. The summed E-state index contributed by atoms with van der Waals surface area (Å²) in [6, 6.07) is 3.76. The maximum absolute atomic E-state index is 12.7.